The number of rotatable bonds is 5. The Balaban J connectivity index is 1.71. The molecule has 4 aromatic rings. The fourth-order valence-corrected chi connectivity index (χ4v) is 3.63. The number of nitrogens with two attached hydrogens (primary N) is 2. The predicted molar refractivity (Wildman–Crippen MR) is 109 cm³/mol. The van der Waals surface area contributed by atoms with E-state index in [4.69, 9.17) is 11.5 Å². The first-order chi connectivity index (χ1) is 13.6. The Morgan fingerprint density at radius 2 is 2.04 bits per heavy atom. The summed E-state index contributed by atoms with van der Waals surface area (Å²) in [7, 11) is 0. The maximum atomic E-state index is 12.8. The molecule has 2 heterocycles. The standard InChI is InChI=1S/C19H17FN6OS/c20-8-12(9-21)10-26-19(27)25(11-23-26)15-3-1-2-13(6-15)14-4-5-17-16(7-14)24-18(22)28-17/h1-8,11H,9-10,21H2,(H2,22,24)/b12-8+. The molecule has 0 fully saturated rings. The highest BCUT2D eigenvalue weighted by Gasteiger charge is 2.10. The summed E-state index contributed by atoms with van der Waals surface area (Å²) < 4.78 is 16.4. The molecule has 0 aliphatic rings. The van der Waals surface area contributed by atoms with Gasteiger partial charge in [-0.1, -0.05) is 29.5 Å². The van der Waals surface area contributed by atoms with E-state index in [-0.39, 0.29) is 24.4 Å². The van der Waals surface area contributed by atoms with Crippen LogP contribution in [0.1, 0.15) is 0 Å². The van der Waals surface area contributed by atoms with E-state index < -0.39 is 0 Å². The topological polar surface area (TPSA) is 105 Å². The molecule has 0 saturated carbocycles. The van der Waals surface area contributed by atoms with Crippen molar-refractivity contribution in [2.45, 2.75) is 6.54 Å². The van der Waals surface area contributed by atoms with Crippen molar-refractivity contribution in [1.82, 2.24) is 19.3 Å². The third kappa shape index (κ3) is 3.32. The predicted octanol–water partition coefficient (Wildman–Crippen LogP) is 2.71. The highest BCUT2D eigenvalue weighted by molar-refractivity contribution is 7.22. The molecule has 0 spiro atoms. The number of hydrogen-bond donors (Lipinski definition) is 2. The average molecular weight is 396 g/mol. The molecular weight excluding hydrogens is 379 g/mol. The van der Waals surface area contributed by atoms with Crippen molar-refractivity contribution in [3.05, 3.63) is 71.2 Å². The van der Waals surface area contributed by atoms with E-state index in [1.165, 1.54) is 26.9 Å². The normalized spacial score (nSPS) is 12.0. The molecule has 28 heavy (non-hydrogen) atoms. The zero-order valence-corrected chi connectivity index (χ0v) is 15.6. The fraction of sp³-hybridized carbons (Fsp3) is 0.105. The summed E-state index contributed by atoms with van der Waals surface area (Å²) in [4.78, 5) is 16.9. The lowest BCUT2D eigenvalue weighted by Gasteiger charge is -2.06. The summed E-state index contributed by atoms with van der Waals surface area (Å²) in [5, 5.41) is 4.58. The lowest BCUT2D eigenvalue weighted by molar-refractivity contribution is 0.612. The number of fused-ring (bicyclic) bond motifs is 1. The Kier molecular flexibility index (Phi) is 4.76. The first-order valence-corrected chi connectivity index (χ1v) is 9.30. The Morgan fingerprint density at radius 1 is 1.21 bits per heavy atom. The third-order valence-corrected chi connectivity index (χ3v) is 5.23. The van der Waals surface area contributed by atoms with E-state index >= 15 is 0 Å². The summed E-state index contributed by atoms with van der Waals surface area (Å²) in [6.07, 6.45) is 1.82. The summed E-state index contributed by atoms with van der Waals surface area (Å²) >= 11 is 1.44. The molecule has 4 N–H and O–H groups in total. The number of aromatic nitrogens is 4. The van der Waals surface area contributed by atoms with E-state index in [1.54, 1.807) is 0 Å². The highest BCUT2D eigenvalue weighted by Crippen LogP contribution is 2.29. The first-order valence-electron chi connectivity index (χ1n) is 8.48. The molecule has 0 unspecified atom stereocenters. The number of halogens is 1. The second kappa shape index (κ2) is 7.37. The van der Waals surface area contributed by atoms with Gasteiger partial charge in [0.05, 0.1) is 28.8 Å². The molecule has 0 aliphatic carbocycles. The van der Waals surface area contributed by atoms with Crippen LogP contribution in [0.25, 0.3) is 27.0 Å². The van der Waals surface area contributed by atoms with Crippen molar-refractivity contribution in [1.29, 1.82) is 0 Å². The van der Waals surface area contributed by atoms with Crippen molar-refractivity contribution >= 4 is 26.7 Å². The van der Waals surface area contributed by atoms with Crippen LogP contribution in [0.4, 0.5) is 9.52 Å². The molecule has 0 atom stereocenters. The molecule has 0 aliphatic heterocycles. The van der Waals surface area contributed by atoms with Gasteiger partial charge >= 0.3 is 5.69 Å². The Labute approximate surface area is 163 Å². The minimum absolute atomic E-state index is 0.0143. The highest BCUT2D eigenvalue weighted by atomic mass is 32.1. The summed E-state index contributed by atoms with van der Waals surface area (Å²) in [6.45, 7) is 0.0370. The van der Waals surface area contributed by atoms with Gasteiger partial charge < -0.3 is 11.5 Å². The second-order valence-corrected chi connectivity index (χ2v) is 7.26. The van der Waals surface area contributed by atoms with Crippen LogP contribution >= 0.6 is 11.3 Å². The minimum atomic E-state index is -0.368. The number of hydrogen-bond acceptors (Lipinski definition) is 6. The van der Waals surface area contributed by atoms with Crippen molar-refractivity contribution < 1.29 is 4.39 Å². The summed E-state index contributed by atoms with van der Waals surface area (Å²) in [5.74, 6) is 0. The molecule has 7 nitrogen and oxygen atoms in total. The van der Waals surface area contributed by atoms with Gasteiger partial charge in [0.15, 0.2) is 5.13 Å². The molecule has 0 bridgehead atoms. The van der Waals surface area contributed by atoms with Gasteiger partial charge in [-0.25, -0.2) is 23.4 Å². The van der Waals surface area contributed by atoms with E-state index in [0.29, 0.717) is 17.1 Å². The van der Waals surface area contributed by atoms with E-state index in [2.05, 4.69) is 10.1 Å². The third-order valence-electron chi connectivity index (χ3n) is 4.36. The number of nitrogen functional groups attached to an aromatic ring is 1. The average Bonchev–Trinajstić information content (AvgIpc) is 3.27. The maximum absolute atomic E-state index is 12.8. The van der Waals surface area contributed by atoms with Crippen LogP contribution < -0.4 is 17.2 Å². The van der Waals surface area contributed by atoms with Crippen LogP contribution in [0, 0.1) is 0 Å². The fourth-order valence-electron chi connectivity index (χ4n) is 2.92. The number of thiazole rings is 1. The number of nitrogens with zero attached hydrogens (tertiary/aromatic N) is 4. The Bertz CT molecular complexity index is 1240. The smallest absolute Gasteiger partial charge is 0.350 e. The molecule has 0 saturated heterocycles. The van der Waals surface area contributed by atoms with Crippen LogP contribution in [0.2, 0.25) is 0 Å². The van der Waals surface area contributed by atoms with Gasteiger partial charge in [0.25, 0.3) is 0 Å². The molecule has 0 radical (unpaired) electrons. The van der Waals surface area contributed by atoms with Gasteiger partial charge in [0.2, 0.25) is 0 Å². The van der Waals surface area contributed by atoms with Crippen molar-refractivity contribution in [2.75, 3.05) is 12.3 Å². The van der Waals surface area contributed by atoms with Crippen molar-refractivity contribution in [3.8, 4) is 16.8 Å². The number of anilines is 1. The lowest BCUT2D eigenvalue weighted by Crippen LogP contribution is -2.25. The van der Waals surface area contributed by atoms with Crippen LogP contribution in [0.15, 0.2) is 65.5 Å². The minimum Gasteiger partial charge on any atom is -0.375 e. The quantitative estimate of drug-likeness (QED) is 0.540. The zero-order valence-electron chi connectivity index (χ0n) is 14.7. The van der Waals surface area contributed by atoms with E-state index in [0.717, 1.165) is 21.3 Å². The zero-order chi connectivity index (χ0) is 19.7. The van der Waals surface area contributed by atoms with Crippen molar-refractivity contribution in [3.63, 3.8) is 0 Å². The van der Waals surface area contributed by atoms with Crippen LogP contribution in [-0.2, 0) is 6.54 Å². The largest absolute Gasteiger partial charge is 0.375 e. The van der Waals surface area contributed by atoms with Gasteiger partial charge in [0, 0.05) is 6.54 Å². The van der Waals surface area contributed by atoms with Gasteiger partial charge in [-0.05, 0) is 41.0 Å². The molecule has 4 rings (SSSR count). The molecule has 142 valence electrons. The van der Waals surface area contributed by atoms with Gasteiger partial charge in [0.1, 0.15) is 6.33 Å². The molecule has 9 heteroatoms. The van der Waals surface area contributed by atoms with Crippen LogP contribution in [0.3, 0.4) is 0 Å². The Hall–Kier alpha value is -3.30. The first kappa shape index (κ1) is 18.1. The monoisotopic (exact) mass is 396 g/mol. The van der Waals surface area contributed by atoms with Crippen molar-refractivity contribution in [2.24, 2.45) is 5.73 Å². The lowest BCUT2D eigenvalue weighted by atomic mass is 10.0. The van der Waals surface area contributed by atoms with E-state index in [1.807, 2.05) is 42.5 Å². The van der Waals surface area contributed by atoms with Crippen LogP contribution in [0.5, 0.6) is 0 Å². The molecule has 0 amide bonds. The summed E-state index contributed by atoms with van der Waals surface area (Å²) in [6, 6.07) is 13.4. The second-order valence-electron chi connectivity index (χ2n) is 6.20. The molecule has 2 aromatic heterocycles. The molecular formula is C19H17FN6OS. The van der Waals surface area contributed by atoms with Crippen LogP contribution in [-0.4, -0.2) is 25.9 Å². The van der Waals surface area contributed by atoms with Gasteiger partial charge in [-0.3, -0.25) is 0 Å². The van der Waals surface area contributed by atoms with Gasteiger partial charge in [-0.15, -0.1) is 0 Å². The van der Waals surface area contributed by atoms with Gasteiger partial charge in [-0.2, -0.15) is 5.10 Å². The SMILES string of the molecule is NC/C(=C\F)Cn1ncn(-c2cccc(-c3ccc4sc(N)nc4c3)c2)c1=O. The summed E-state index contributed by atoms with van der Waals surface area (Å²) in [5.41, 5.74) is 14.5. The molecule has 2 aromatic carbocycles. The van der Waals surface area contributed by atoms with E-state index in [9.17, 15) is 9.18 Å². The number of benzene rings is 2. The maximum Gasteiger partial charge on any atom is 0.350 e. The Morgan fingerprint density at radius 3 is 2.82 bits per heavy atom.